The minimum Gasteiger partial charge on any atom is -0.497 e. The number of carbonyl (C=O) groups is 1. The quantitative estimate of drug-likeness (QED) is 0.610. The third-order valence-electron chi connectivity index (χ3n) is 4.64. The molecule has 0 aliphatic heterocycles. The van der Waals surface area contributed by atoms with Crippen molar-refractivity contribution in [2.24, 2.45) is 0 Å². The Kier molecular flexibility index (Phi) is 4.91. The average Bonchev–Trinajstić information content (AvgIpc) is 2.95. The molecule has 0 fully saturated rings. The van der Waals surface area contributed by atoms with Crippen LogP contribution in [-0.4, -0.2) is 24.6 Å². The third kappa shape index (κ3) is 2.94. The summed E-state index contributed by atoms with van der Waals surface area (Å²) in [6, 6.07) is 15.2. The van der Waals surface area contributed by atoms with E-state index in [0.29, 0.717) is 5.56 Å². The molecule has 25 heavy (non-hydrogen) atoms. The van der Waals surface area contributed by atoms with Crippen molar-refractivity contribution < 1.29 is 14.3 Å². The van der Waals surface area contributed by atoms with Crippen LogP contribution in [0, 0.1) is 6.92 Å². The topological polar surface area (TPSA) is 40.5 Å². The summed E-state index contributed by atoms with van der Waals surface area (Å²) in [6.07, 6.45) is 0.730. The van der Waals surface area contributed by atoms with Gasteiger partial charge >= 0.3 is 0 Å². The van der Waals surface area contributed by atoms with Crippen LogP contribution in [0.3, 0.4) is 0 Å². The van der Waals surface area contributed by atoms with Crippen molar-refractivity contribution in [1.82, 2.24) is 4.57 Å². The smallest absolute Gasteiger partial charge is 0.195 e. The molecule has 0 N–H and O–H groups in total. The first-order valence-corrected chi connectivity index (χ1v) is 8.43. The van der Waals surface area contributed by atoms with Crippen LogP contribution in [0.4, 0.5) is 0 Å². The van der Waals surface area contributed by atoms with Gasteiger partial charge in [-0.1, -0.05) is 25.1 Å². The fourth-order valence-corrected chi connectivity index (χ4v) is 3.39. The number of aromatic nitrogens is 1. The fourth-order valence-electron chi connectivity index (χ4n) is 3.39. The van der Waals surface area contributed by atoms with Gasteiger partial charge in [-0.25, -0.2) is 0 Å². The lowest BCUT2D eigenvalue weighted by atomic mass is 10.0. The number of fused-ring (bicyclic) bond motifs is 1. The van der Waals surface area contributed by atoms with E-state index in [2.05, 4.69) is 11.5 Å². The number of para-hydroxylation sites is 1. The van der Waals surface area contributed by atoms with Gasteiger partial charge in [0.1, 0.15) is 12.0 Å². The molecule has 0 spiro atoms. The van der Waals surface area contributed by atoms with E-state index < -0.39 is 0 Å². The third-order valence-corrected chi connectivity index (χ3v) is 4.64. The fraction of sp³-hybridized carbons (Fsp3) is 0.286. The van der Waals surface area contributed by atoms with E-state index in [0.717, 1.165) is 34.3 Å². The van der Waals surface area contributed by atoms with Gasteiger partial charge in [-0.05, 0) is 43.7 Å². The van der Waals surface area contributed by atoms with Crippen molar-refractivity contribution in [3.8, 4) is 5.75 Å². The molecule has 0 aliphatic rings. The normalized spacial score (nSPS) is 12.3. The molecule has 1 heterocycles. The number of ketones is 1. The Labute approximate surface area is 148 Å². The first kappa shape index (κ1) is 17.2. The number of carbonyl (C=O) groups excluding carboxylic acids is 1. The predicted octanol–water partition coefficient (Wildman–Crippen LogP) is 4.74. The molecule has 0 radical (unpaired) electrons. The summed E-state index contributed by atoms with van der Waals surface area (Å²) >= 11 is 0. The molecule has 0 saturated heterocycles. The molecular formula is C21H23NO3. The first-order chi connectivity index (χ1) is 12.1. The lowest BCUT2D eigenvalue weighted by Crippen LogP contribution is -2.12. The van der Waals surface area contributed by atoms with Gasteiger partial charge in [-0.3, -0.25) is 4.79 Å². The number of nitrogens with zero attached hydrogens (tertiary/aromatic N) is 1. The average molecular weight is 337 g/mol. The molecule has 4 heteroatoms. The summed E-state index contributed by atoms with van der Waals surface area (Å²) in [5.41, 5.74) is 3.33. The number of hydrogen-bond acceptors (Lipinski definition) is 3. The van der Waals surface area contributed by atoms with E-state index in [4.69, 9.17) is 9.47 Å². The Morgan fingerprint density at radius 1 is 1.08 bits per heavy atom. The van der Waals surface area contributed by atoms with Crippen molar-refractivity contribution in [2.45, 2.75) is 26.5 Å². The molecule has 0 amide bonds. The highest BCUT2D eigenvalue weighted by atomic mass is 16.5. The van der Waals surface area contributed by atoms with Crippen LogP contribution < -0.4 is 4.74 Å². The molecule has 1 atom stereocenters. The Morgan fingerprint density at radius 2 is 1.76 bits per heavy atom. The van der Waals surface area contributed by atoms with Crippen LogP contribution in [0.15, 0.2) is 48.5 Å². The monoisotopic (exact) mass is 337 g/mol. The standard InChI is InChI=1S/C21H23NO3/c1-5-19(25-4)22-14(2)20(17-8-6-7-9-18(17)22)21(23)15-10-12-16(24-3)13-11-15/h6-13,19H,5H2,1-4H3. The molecule has 3 rings (SSSR count). The van der Waals surface area contributed by atoms with Gasteiger partial charge in [0, 0.05) is 23.8 Å². The van der Waals surface area contributed by atoms with E-state index >= 15 is 0 Å². The number of methoxy groups -OCH3 is 2. The maximum atomic E-state index is 13.2. The lowest BCUT2D eigenvalue weighted by Gasteiger charge is -2.19. The van der Waals surface area contributed by atoms with Gasteiger partial charge in [0.25, 0.3) is 0 Å². The highest BCUT2D eigenvalue weighted by molar-refractivity contribution is 6.17. The highest BCUT2D eigenvalue weighted by Gasteiger charge is 2.23. The van der Waals surface area contributed by atoms with Gasteiger partial charge in [0.2, 0.25) is 0 Å². The second-order valence-electron chi connectivity index (χ2n) is 6.00. The van der Waals surface area contributed by atoms with E-state index in [1.54, 1.807) is 26.4 Å². The minimum atomic E-state index is -0.0951. The Bertz CT molecular complexity index is 889. The van der Waals surface area contributed by atoms with Crippen LogP contribution in [-0.2, 0) is 4.74 Å². The molecule has 0 aliphatic carbocycles. The van der Waals surface area contributed by atoms with Gasteiger partial charge in [-0.2, -0.15) is 0 Å². The summed E-state index contributed by atoms with van der Waals surface area (Å²) in [4.78, 5) is 13.2. The second-order valence-corrected chi connectivity index (χ2v) is 6.00. The minimum absolute atomic E-state index is 0.0149. The second kappa shape index (κ2) is 7.11. The lowest BCUT2D eigenvalue weighted by molar-refractivity contribution is 0.0432. The zero-order valence-electron chi connectivity index (χ0n) is 15.1. The molecule has 1 aromatic heterocycles. The van der Waals surface area contributed by atoms with Crippen molar-refractivity contribution in [3.63, 3.8) is 0 Å². The Balaban J connectivity index is 2.18. The van der Waals surface area contributed by atoms with Gasteiger partial charge in [0.15, 0.2) is 5.78 Å². The zero-order valence-corrected chi connectivity index (χ0v) is 15.1. The van der Waals surface area contributed by atoms with E-state index in [1.807, 2.05) is 43.3 Å². The van der Waals surface area contributed by atoms with Crippen LogP contribution in [0.25, 0.3) is 10.9 Å². The van der Waals surface area contributed by atoms with Gasteiger partial charge < -0.3 is 14.0 Å². The van der Waals surface area contributed by atoms with Gasteiger partial charge in [0.05, 0.1) is 18.2 Å². The highest BCUT2D eigenvalue weighted by Crippen LogP contribution is 2.32. The van der Waals surface area contributed by atoms with E-state index in [1.165, 1.54) is 0 Å². The Morgan fingerprint density at radius 3 is 2.36 bits per heavy atom. The van der Waals surface area contributed by atoms with Gasteiger partial charge in [-0.15, -0.1) is 0 Å². The predicted molar refractivity (Wildman–Crippen MR) is 99.4 cm³/mol. The van der Waals surface area contributed by atoms with Crippen LogP contribution in [0.1, 0.15) is 41.2 Å². The number of hydrogen-bond donors (Lipinski definition) is 0. The van der Waals surface area contributed by atoms with E-state index in [-0.39, 0.29) is 12.0 Å². The van der Waals surface area contributed by atoms with Crippen molar-refractivity contribution >= 4 is 16.7 Å². The van der Waals surface area contributed by atoms with Crippen molar-refractivity contribution in [1.29, 1.82) is 0 Å². The first-order valence-electron chi connectivity index (χ1n) is 8.43. The van der Waals surface area contributed by atoms with Crippen LogP contribution in [0.2, 0.25) is 0 Å². The molecule has 0 saturated carbocycles. The summed E-state index contributed by atoms with van der Waals surface area (Å²) in [5, 5.41) is 0.955. The summed E-state index contributed by atoms with van der Waals surface area (Å²) < 4.78 is 12.9. The molecule has 4 nitrogen and oxygen atoms in total. The van der Waals surface area contributed by atoms with Crippen LogP contribution in [0.5, 0.6) is 5.75 Å². The van der Waals surface area contributed by atoms with Crippen LogP contribution >= 0.6 is 0 Å². The summed E-state index contributed by atoms with van der Waals surface area (Å²) in [7, 11) is 3.32. The summed E-state index contributed by atoms with van der Waals surface area (Å²) in [5.74, 6) is 0.752. The largest absolute Gasteiger partial charge is 0.497 e. The van der Waals surface area contributed by atoms with Crippen molar-refractivity contribution in [2.75, 3.05) is 14.2 Å². The molecular weight excluding hydrogens is 314 g/mol. The SMILES string of the molecule is CCC(OC)n1c(C)c(C(=O)c2ccc(OC)cc2)c2ccccc21. The summed E-state index contributed by atoms with van der Waals surface area (Å²) in [6.45, 7) is 4.06. The van der Waals surface area contributed by atoms with Crippen molar-refractivity contribution in [3.05, 3.63) is 65.4 Å². The zero-order chi connectivity index (χ0) is 18.0. The molecule has 3 aromatic rings. The maximum absolute atomic E-state index is 13.2. The van der Waals surface area contributed by atoms with E-state index in [9.17, 15) is 4.79 Å². The number of ether oxygens (including phenoxy) is 2. The number of rotatable bonds is 6. The Hall–Kier alpha value is -2.59. The molecule has 2 aromatic carbocycles. The molecule has 130 valence electrons. The molecule has 0 bridgehead atoms. The molecule has 1 unspecified atom stereocenters. The number of benzene rings is 2. The maximum Gasteiger partial charge on any atom is 0.195 e.